The summed E-state index contributed by atoms with van der Waals surface area (Å²) in [6.45, 7) is 5.83. The van der Waals surface area contributed by atoms with Crippen LogP contribution in [0, 0.1) is 24.2 Å². The molecule has 0 saturated heterocycles. The second-order valence-electron chi connectivity index (χ2n) is 5.60. The molecule has 102 valence electrons. The highest BCUT2D eigenvalue weighted by Crippen LogP contribution is 2.58. The van der Waals surface area contributed by atoms with Crippen LogP contribution >= 0.6 is 0 Å². The lowest BCUT2D eigenvalue weighted by atomic mass is 10.1. The third kappa shape index (κ3) is 2.59. The molecule has 1 aliphatic rings. The van der Waals surface area contributed by atoms with Crippen molar-refractivity contribution in [3.63, 3.8) is 0 Å². The lowest BCUT2D eigenvalue weighted by Gasteiger charge is -2.06. The molecule has 0 spiro atoms. The molecule has 5 heteroatoms. The Balaban J connectivity index is 1.95. The molecule has 5 nitrogen and oxygen atoms in total. The van der Waals surface area contributed by atoms with Gasteiger partial charge in [0.15, 0.2) is 0 Å². The van der Waals surface area contributed by atoms with Gasteiger partial charge in [0.1, 0.15) is 0 Å². The fourth-order valence-electron chi connectivity index (χ4n) is 2.57. The number of carbonyl (C=O) groups excluding carboxylic acids is 1. The van der Waals surface area contributed by atoms with Crippen LogP contribution in [0.2, 0.25) is 0 Å². The van der Waals surface area contributed by atoms with Crippen molar-refractivity contribution >= 4 is 11.9 Å². The maximum atomic E-state index is 12.0. The summed E-state index contributed by atoms with van der Waals surface area (Å²) in [4.78, 5) is 27.3. The SMILES string of the molecule is Cc1cccc(CNC(=O)[C@H]2[C@@H](C(=O)O)C2(C)C)n1. The van der Waals surface area contributed by atoms with Crippen molar-refractivity contribution in [2.75, 3.05) is 0 Å². The highest BCUT2D eigenvalue weighted by molar-refractivity contribution is 5.91. The van der Waals surface area contributed by atoms with Gasteiger partial charge in [-0.3, -0.25) is 14.6 Å². The van der Waals surface area contributed by atoms with E-state index in [-0.39, 0.29) is 5.91 Å². The molecule has 0 aromatic carbocycles. The van der Waals surface area contributed by atoms with Gasteiger partial charge in [-0.25, -0.2) is 0 Å². The number of hydrogen-bond donors (Lipinski definition) is 2. The Bertz CT molecular complexity index is 525. The molecule has 0 aliphatic heterocycles. The first kappa shape index (κ1) is 13.5. The van der Waals surface area contributed by atoms with E-state index >= 15 is 0 Å². The molecule has 0 unspecified atom stereocenters. The quantitative estimate of drug-likeness (QED) is 0.858. The minimum Gasteiger partial charge on any atom is -0.481 e. The van der Waals surface area contributed by atoms with Crippen molar-refractivity contribution in [2.24, 2.45) is 17.3 Å². The zero-order valence-electron chi connectivity index (χ0n) is 11.3. The van der Waals surface area contributed by atoms with Crippen LogP contribution in [-0.4, -0.2) is 22.0 Å². The number of pyridine rings is 1. The third-order valence-corrected chi connectivity index (χ3v) is 3.77. The number of carboxylic acid groups (broad SMARTS) is 1. The Kier molecular flexibility index (Phi) is 3.30. The van der Waals surface area contributed by atoms with Crippen molar-refractivity contribution in [3.05, 3.63) is 29.6 Å². The molecule has 1 saturated carbocycles. The van der Waals surface area contributed by atoms with Crippen LogP contribution in [-0.2, 0) is 16.1 Å². The zero-order valence-corrected chi connectivity index (χ0v) is 11.3. The summed E-state index contributed by atoms with van der Waals surface area (Å²) in [6.07, 6.45) is 0. The number of rotatable bonds is 4. The first-order valence-electron chi connectivity index (χ1n) is 6.27. The highest BCUT2D eigenvalue weighted by Gasteiger charge is 2.65. The standard InChI is InChI=1S/C14H18N2O3/c1-8-5-4-6-9(16-8)7-15-12(17)10-11(13(18)19)14(10,2)3/h4-6,10-11H,7H2,1-3H3,(H,15,17)(H,18,19)/t10-,11+/m1/s1. The van der Waals surface area contributed by atoms with Crippen LogP contribution in [0.4, 0.5) is 0 Å². The molecule has 1 aliphatic carbocycles. The molecule has 1 aromatic heterocycles. The van der Waals surface area contributed by atoms with Crippen molar-refractivity contribution < 1.29 is 14.7 Å². The maximum absolute atomic E-state index is 12.0. The Labute approximate surface area is 112 Å². The van der Waals surface area contributed by atoms with E-state index in [1.54, 1.807) is 13.8 Å². The predicted octanol–water partition coefficient (Wildman–Crippen LogP) is 1.36. The molecule has 0 radical (unpaired) electrons. The minimum absolute atomic E-state index is 0.208. The number of nitrogens with one attached hydrogen (secondary N) is 1. The lowest BCUT2D eigenvalue weighted by Crippen LogP contribution is -2.27. The van der Waals surface area contributed by atoms with Gasteiger partial charge in [0.2, 0.25) is 5.91 Å². The van der Waals surface area contributed by atoms with Gasteiger partial charge < -0.3 is 10.4 Å². The van der Waals surface area contributed by atoms with E-state index in [9.17, 15) is 9.59 Å². The van der Waals surface area contributed by atoms with Gasteiger partial charge >= 0.3 is 5.97 Å². The largest absolute Gasteiger partial charge is 0.481 e. The fraction of sp³-hybridized carbons (Fsp3) is 0.500. The molecular formula is C14H18N2O3. The lowest BCUT2D eigenvalue weighted by molar-refractivity contribution is -0.140. The van der Waals surface area contributed by atoms with Crippen LogP contribution in [0.5, 0.6) is 0 Å². The topological polar surface area (TPSA) is 79.3 Å². The molecule has 1 aromatic rings. The van der Waals surface area contributed by atoms with E-state index in [1.807, 2.05) is 25.1 Å². The molecule has 2 atom stereocenters. The normalized spacial score (nSPS) is 23.7. The molecule has 1 amide bonds. The summed E-state index contributed by atoms with van der Waals surface area (Å²) in [5.41, 5.74) is 1.20. The summed E-state index contributed by atoms with van der Waals surface area (Å²) in [5.74, 6) is -2.15. The van der Waals surface area contributed by atoms with Crippen LogP contribution in [0.25, 0.3) is 0 Å². The summed E-state index contributed by atoms with van der Waals surface area (Å²) >= 11 is 0. The fourth-order valence-corrected chi connectivity index (χ4v) is 2.57. The molecule has 2 rings (SSSR count). The second kappa shape index (κ2) is 4.64. The smallest absolute Gasteiger partial charge is 0.307 e. The average Bonchev–Trinajstić information content (AvgIpc) is 2.90. The van der Waals surface area contributed by atoms with Gasteiger partial charge in [-0.15, -0.1) is 0 Å². The van der Waals surface area contributed by atoms with Gasteiger partial charge in [-0.2, -0.15) is 0 Å². The third-order valence-electron chi connectivity index (χ3n) is 3.77. The van der Waals surface area contributed by atoms with Crippen LogP contribution in [0.1, 0.15) is 25.2 Å². The Morgan fingerprint density at radius 3 is 2.58 bits per heavy atom. The summed E-state index contributed by atoms with van der Waals surface area (Å²) in [6, 6.07) is 5.60. The number of aliphatic carboxylic acids is 1. The number of hydrogen-bond acceptors (Lipinski definition) is 3. The van der Waals surface area contributed by atoms with Crippen LogP contribution in [0.15, 0.2) is 18.2 Å². The first-order chi connectivity index (χ1) is 8.84. The number of aryl methyl sites for hydroxylation is 1. The van der Waals surface area contributed by atoms with E-state index < -0.39 is 23.2 Å². The number of carbonyl (C=O) groups is 2. The van der Waals surface area contributed by atoms with E-state index in [4.69, 9.17) is 5.11 Å². The summed E-state index contributed by atoms with van der Waals surface area (Å²) in [7, 11) is 0. The monoisotopic (exact) mass is 262 g/mol. The number of nitrogens with zero attached hydrogens (tertiary/aromatic N) is 1. The predicted molar refractivity (Wildman–Crippen MR) is 69.2 cm³/mol. The Morgan fingerprint density at radius 1 is 1.37 bits per heavy atom. The minimum atomic E-state index is -0.904. The van der Waals surface area contributed by atoms with Crippen molar-refractivity contribution in [2.45, 2.75) is 27.3 Å². The van der Waals surface area contributed by atoms with Crippen molar-refractivity contribution in [1.82, 2.24) is 10.3 Å². The number of aromatic nitrogens is 1. The van der Waals surface area contributed by atoms with Gasteiger partial charge in [0.25, 0.3) is 0 Å². The van der Waals surface area contributed by atoms with Gasteiger partial charge in [-0.1, -0.05) is 19.9 Å². The molecule has 1 heterocycles. The van der Waals surface area contributed by atoms with Gasteiger partial charge in [-0.05, 0) is 24.5 Å². The van der Waals surface area contributed by atoms with Crippen molar-refractivity contribution in [3.8, 4) is 0 Å². The van der Waals surface area contributed by atoms with E-state index in [1.165, 1.54) is 0 Å². The number of amides is 1. The van der Waals surface area contributed by atoms with E-state index in [0.717, 1.165) is 11.4 Å². The Morgan fingerprint density at radius 2 is 2.05 bits per heavy atom. The molecule has 1 fully saturated rings. The summed E-state index contributed by atoms with van der Waals surface area (Å²) < 4.78 is 0. The van der Waals surface area contributed by atoms with Gasteiger partial charge in [0, 0.05) is 5.69 Å². The van der Waals surface area contributed by atoms with Gasteiger partial charge in [0.05, 0.1) is 24.1 Å². The second-order valence-corrected chi connectivity index (χ2v) is 5.60. The molecule has 19 heavy (non-hydrogen) atoms. The highest BCUT2D eigenvalue weighted by atomic mass is 16.4. The van der Waals surface area contributed by atoms with Crippen LogP contribution in [0.3, 0.4) is 0 Å². The van der Waals surface area contributed by atoms with E-state index in [0.29, 0.717) is 6.54 Å². The van der Waals surface area contributed by atoms with Crippen molar-refractivity contribution in [1.29, 1.82) is 0 Å². The zero-order chi connectivity index (χ0) is 14.2. The maximum Gasteiger partial charge on any atom is 0.307 e. The van der Waals surface area contributed by atoms with Crippen LogP contribution < -0.4 is 5.32 Å². The first-order valence-corrected chi connectivity index (χ1v) is 6.27. The molecular weight excluding hydrogens is 244 g/mol. The van der Waals surface area contributed by atoms with E-state index in [2.05, 4.69) is 10.3 Å². The Hall–Kier alpha value is -1.91. The molecule has 2 N–H and O–H groups in total. The summed E-state index contributed by atoms with van der Waals surface area (Å²) in [5, 5.41) is 11.8. The number of carboxylic acids is 1. The average molecular weight is 262 g/mol. The molecule has 0 bridgehead atoms.